The molecule has 0 aliphatic carbocycles. The largest absolute Gasteiger partial charge is 0.365 e. The Morgan fingerprint density at radius 3 is 2.66 bits per heavy atom. The Morgan fingerprint density at radius 1 is 1.22 bits per heavy atom. The molecule has 0 bridgehead atoms. The van der Waals surface area contributed by atoms with Gasteiger partial charge in [-0.2, -0.15) is 14.8 Å². The van der Waals surface area contributed by atoms with Crippen LogP contribution in [0.1, 0.15) is 32.7 Å². The third-order valence-corrected chi connectivity index (χ3v) is 5.40. The van der Waals surface area contributed by atoms with E-state index < -0.39 is 11.9 Å². The second kappa shape index (κ2) is 8.11. The number of urea groups is 1. The summed E-state index contributed by atoms with van der Waals surface area (Å²) < 4.78 is 15.2. The number of nitrogens with two attached hydrogens (primary N) is 1. The van der Waals surface area contributed by atoms with Crippen molar-refractivity contribution in [3.05, 3.63) is 64.4 Å². The van der Waals surface area contributed by atoms with E-state index in [0.29, 0.717) is 46.9 Å². The lowest BCUT2D eigenvalue weighted by molar-refractivity contribution is 0.0997. The number of nitriles is 1. The number of benzene rings is 1. The van der Waals surface area contributed by atoms with Crippen molar-refractivity contribution in [3.8, 4) is 17.3 Å². The molecule has 2 aromatic heterocycles. The number of fused-ring (bicyclic) bond motifs is 1. The first kappa shape index (κ1) is 21.0. The quantitative estimate of drug-likeness (QED) is 0.614. The highest BCUT2D eigenvalue weighted by molar-refractivity contribution is 6.00. The SMILES string of the molecule is Cc1cc(NC(=O)N2CCn3nc(-c4cnc(F)c(C)c4)c(C(N)=O)c3C2)ccc1C#N. The third-order valence-electron chi connectivity index (χ3n) is 5.40. The highest BCUT2D eigenvalue weighted by Crippen LogP contribution is 2.29. The monoisotopic (exact) mass is 433 g/mol. The fraction of sp³-hybridized carbons (Fsp3) is 0.227. The zero-order valence-electron chi connectivity index (χ0n) is 17.5. The molecule has 1 aliphatic heterocycles. The average molecular weight is 433 g/mol. The Morgan fingerprint density at radius 2 is 2.00 bits per heavy atom. The van der Waals surface area contributed by atoms with E-state index in [0.717, 1.165) is 5.56 Å². The van der Waals surface area contributed by atoms with Crippen LogP contribution in [0.15, 0.2) is 30.5 Å². The van der Waals surface area contributed by atoms with Crippen LogP contribution in [-0.4, -0.2) is 38.1 Å². The predicted molar refractivity (Wildman–Crippen MR) is 114 cm³/mol. The first-order chi connectivity index (χ1) is 15.3. The molecule has 3 amide bonds. The molecule has 0 unspecified atom stereocenters. The number of hydrogen-bond acceptors (Lipinski definition) is 5. The number of amides is 3. The van der Waals surface area contributed by atoms with Gasteiger partial charge in [-0.3, -0.25) is 9.48 Å². The second-order valence-electron chi connectivity index (χ2n) is 7.58. The number of aryl methyl sites for hydroxylation is 2. The number of aromatic nitrogens is 3. The van der Waals surface area contributed by atoms with Crippen molar-refractivity contribution >= 4 is 17.6 Å². The summed E-state index contributed by atoms with van der Waals surface area (Å²) in [7, 11) is 0. The number of primary amides is 1. The number of hydrogen-bond donors (Lipinski definition) is 2. The summed E-state index contributed by atoms with van der Waals surface area (Å²) in [5.41, 5.74) is 9.30. The maximum Gasteiger partial charge on any atom is 0.322 e. The van der Waals surface area contributed by atoms with Crippen LogP contribution < -0.4 is 11.1 Å². The molecule has 10 heteroatoms. The van der Waals surface area contributed by atoms with E-state index in [9.17, 15) is 14.0 Å². The summed E-state index contributed by atoms with van der Waals surface area (Å²) in [6, 6.07) is 8.32. The van der Waals surface area contributed by atoms with Crippen molar-refractivity contribution in [2.75, 3.05) is 11.9 Å². The van der Waals surface area contributed by atoms with E-state index in [1.54, 1.807) is 47.7 Å². The Labute approximate surface area is 183 Å². The van der Waals surface area contributed by atoms with Gasteiger partial charge in [-0.05, 0) is 43.7 Å². The van der Waals surface area contributed by atoms with Crippen LogP contribution >= 0.6 is 0 Å². The van der Waals surface area contributed by atoms with Gasteiger partial charge in [-0.25, -0.2) is 9.78 Å². The van der Waals surface area contributed by atoms with Crippen LogP contribution in [0, 0.1) is 31.1 Å². The summed E-state index contributed by atoms with van der Waals surface area (Å²) in [6.07, 6.45) is 1.31. The molecule has 3 N–H and O–H groups in total. The van der Waals surface area contributed by atoms with E-state index in [-0.39, 0.29) is 18.1 Å². The molecule has 0 saturated heterocycles. The molecule has 0 saturated carbocycles. The van der Waals surface area contributed by atoms with Gasteiger partial charge in [0.05, 0.1) is 36.0 Å². The van der Waals surface area contributed by atoms with Crippen LogP contribution in [-0.2, 0) is 13.1 Å². The fourth-order valence-electron chi connectivity index (χ4n) is 3.71. The lowest BCUT2D eigenvalue weighted by atomic mass is 10.0. The van der Waals surface area contributed by atoms with Crippen molar-refractivity contribution in [1.82, 2.24) is 19.7 Å². The molecule has 0 spiro atoms. The Bertz CT molecular complexity index is 1290. The summed E-state index contributed by atoms with van der Waals surface area (Å²) in [4.78, 5) is 30.4. The molecule has 0 radical (unpaired) electrons. The van der Waals surface area contributed by atoms with Gasteiger partial charge in [0.25, 0.3) is 5.91 Å². The average Bonchev–Trinajstić information content (AvgIpc) is 3.14. The van der Waals surface area contributed by atoms with Crippen molar-refractivity contribution in [2.24, 2.45) is 5.73 Å². The van der Waals surface area contributed by atoms with Gasteiger partial charge in [-0.15, -0.1) is 0 Å². The standard InChI is InChI=1S/C22H20FN7O2/c1-12-8-16(4-3-14(12)9-24)27-22(32)29-5-6-30-17(11-29)18(21(25)31)19(28-30)15-7-13(2)20(23)26-10-15/h3-4,7-8,10H,5-6,11H2,1-2H3,(H2,25,31)(H,27,32). The third kappa shape index (κ3) is 3.76. The van der Waals surface area contributed by atoms with Crippen molar-refractivity contribution in [1.29, 1.82) is 5.26 Å². The first-order valence-corrected chi connectivity index (χ1v) is 9.87. The molecule has 0 fully saturated rings. The van der Waals surface area contributed by atoms with Gasteiger partial charge in [0.1, 0.15) is 5.69 Å². The van der Waals surface area contributed by atoms with E-state index >= 15 is 0 Å². The molecule has 0 atom stereocenters. The van der Waals surface area contributed by atoms with Crippen molar-refractivity contribution < 1.29 is 14.0 Å². The topological polar surface area (TPSA) is 130 Å². The van der Waals surface area contributed by atoms with Gasteiger partial charge >= 0.3 is 6.03 Å². The minimum Gasteiger partial charge on any atom is -0.365 e. The van der Waals surface area contributed by atoms with Crippen LogP contribution in [0.25, 0.3) is 11.3 Å². The highest BCUT2D eigenvalue weighted by atomic mass is 19.1. The molecule has 9 nitrogen and oxygen atoms in total. The number of carbonyl (C=O) groups is 2. The fourth-order valence-corrected chi connectivity index (χ4v) is 3.71. The summed E-state index contributed by atoms with van der Waals surface area (Å²) in [6.45, 7) is 4.22. The molecule has 3 aromatic rings. The van der Waals surface area contributed by atoms with Gasteiger partial charge in [-0.1, -0.05) is 0 Å². The maximum absolute atomic E-state index is 13.6. The smallest absolute Gasteiger partial charge is 0.322 e. The van der Waals surface area contributed by atoms with Crippen LogP contribution in [0.3, 0.4) is 0 Å². The molecule has 1 aliphatic rings. The predicted octanol–water partition coefficient (Wildman–Crippen LogP) is 2.72. The zero-order chi connectivity index (χ0) is 23.0. The number of rotatable bonds is 3. The van der Waals surface area contributed by atoms with Gasteiger partial charge in [0.2, 0.25) is 5.95 Å². The number of halogens is 1. The zero-order valence-corrected chi connectivity index (χ0v) is 17.5. The normalized spacial score (nSPS) is 12.8. The van der Waals surface area contributed by atoms with Gasteiger partial charge in [0.15, 0.2) is 0 Å². The van der Waals surface area contributed by atoms with Crippen LogP contribution in [0.5, 0.6) is 0 Å². The molecule has 4 rings (SSSR count). The van der Waals surface area contributed by atoms with E-state index in [2.05, 4.69) is 21.5 Å². The van der Waals surface area contributed by atoms with E-state index in [1.165, 1.54) is 6.20 Å². The summed E-state index contributed by atoms with van der Waals surface area (Å²) in [5, 5.41) is 16.4. The highest BCUT2D eigenvalue weighted by Gasteiger charge is 2.30. The van der Waals surface area contributed by atoms with Gasteiger partial charge in [0, 0.05) is 29.6 Å². The van der Waals surface area contributed by atoms with E-state index in [1.807, 2.05) is 0 Å². The van der Waals surface area contributed by atoms with Crippen LogP contribution in [0.4, 0.5) is 14.9 Å². The molecular formula is C22H20FN7O2. The Hall–Kier alpha value is -4.26. The minimum atomic E-state index is -0.687. The molecule has 32 heavy (non-hydrogen) atoms. The van der Waals surface area contributed by atoms with E-state index in [4.69, 9.17) is 11.0 Å². The lowest BCUT2D eigenvalue weighted by Gasteiger charge is -2.28. The Balaban J connectivity index is 1.61. The van der Waals surface area contributed by atoms with Crippen LogP contribution in [0.2, 0.25) is 0 Å². The molecular weight excluding hydrogens is 413 g/mol. The number of nitrogens with one attached hydrogen (secondary N) is 1. The molecule has 162 valence electrons. The second-order valence-corrected chi connectivity index (χ2v) is 7.58. The lowest BCUT2D eigenvalue weighted by Crippen LogP contribution is -2.41. The maximum atomic E-state index is 13.6. The Kier molecular flexibility index (Phi) is 5.32. The van der Waals surface area contributed by atoms with Gasteiger partial charge < -0.3 is 16.0 Å². The summed E-state index contributed by atoms with van der Waals surface area (Å²) >= 11 is 0. The summed E-state index contributed by atoms with van der Waals surface area (Å²) in [5.74, 6) is -1.28. The molecule has 3 heterocycles. The number of nitrogens with zero attached hydrogens (tertiary/aromatic N) is 5. The first-order valence-electron chi connectivity index (χ1n) is 9.87. The number of anilines is 1. The van der Waals surface area contributed by atoms with Crippen molar-refractivity contribution in [3.63, 3.8) is 0 Å². The van der Waals surface area contributed by atoms with Crippen molar-refractivity contribution in [2.45, 2.75) is 26.9 Å². The number of carbonyl (C=O) groups excluding carboxylic acids is 2. The minimum absolute atomic E-state index is 0.125. The molecule has 1 aromatic carbocycles. The number of pyridine rings is 1.